The second-order valence-corrected chi connectivity index (χ2v) is 9.78. The normalized spacial score (nSPS) is 20.9. The van der Waals surface area contributed by atoms with E-state index in [1.807, 2.05) is 12.1 Å². The summed E-state index contributed by atoms with van der Waals surface area (Å²) >= 11 is 1.76. The van der Waals surface area contributed by atoms with Gasteiger partial charge < -0.3 is 14.4 Å². The number of likely N-dealkylation sites (tertiary alicyclic amines) is 1. The fourth-order valence-corrected chi connectivity index (χ4v) is 5.49. The van der Waals surface area contributed by atoms with Crippen LogP contribution < -0.4 is 4.74 Å². The highest BCUT2D eigenvalue weighted by Crippen LogP contribution is 2.33. The molecule has 1 atom stereocenters. The lowest BCUT2D eigenvalue weighted by Gasteiger charge is -2.32. The van der Waals surface area contributed by atoms with Gasteiger partial charge in [-0.15, -0.1) is 10.2 Å². The van der Waals surface area contributed by atoms with Crippen LogP contribution in [0.2, 0.25) is 0 Å². The Morgan fingerprint density at radius 1 is 1.20 bits per heavy atom. The predicted octanol–water partition coefficient (Wildman–Crippen LogP) is 4.38. The molecule has 1 aromatic carbocycles. The molecule has 3 heterocycles. The largest absolute Gasteiger partial charge is 0.497 e. The molecule has 30 heavy (non-hydrogen) atoms. The van der Waals surface area contributed by atoms with Crippen molar-refractivity contribution < 1.29 is 9.47 Å². The quantitative estimate of drug-likeness (QED) is 0.579. The first-order chi connectivity index (χ1) is 14.6. The van der Waals surface area contributed by atoms with Gasteiger partial charge in [0.2, 0.25) is 0 Å². The highest BCUT2D eigenvalue weighted by molar-refractivity contribution is 7.99. The molecule has 0 N–H and O–H groups in total. The van der Waals surface area contributed by atoms with Crippen LogP contribution in [0.15, 0.2) is 29.4 Å². The molecule has 0 bridgehead atoms. The maximum atomic E-state index is 5.82. The summed E-state index contributed by atoms with van der Waals surface area (Å²) in [6.07, 6.45) is 4.89. The van der Waals surface area contributed by atoms with Crippen LogP contribution in [0, 0.1) is 5.92 Å². The highest BCUT2D eigenvalue weighted by atomic mass is 32.2. The molecule has 164 valence electrons. The SMILES string of the molecule is COc1cccc(-n2c(SC[C@@H]3CCCO3)nnc2C2CCN(CC(C)C)CC2)c1. The molecule has 0 amide bonds. The summed E-state index contributed by atoms with van der Waals surface area (Å²) in [5.41, 5.74) is 1.08. The minimum atomic E-state index is 0.327. The number of rotatable bonds is 8. The van der Waals surface area contributed by atoms with Crippen molar-refractivity contribution in [1.29, 1.82) is 0 Å². The van der Waals surface area contributed by atoms with Crippen LogP contribution in [0.3, 0.4) is 0 Å². The van der Waals surface area contributed by atoms with Gasteiger partial charge in [0, 0.05) is 30.9 Å². The number of nitrogens with zero attached hydrogens (tertiary/aromatic N) is 4. The Labute approximate surface area is 184 Å². The number of piperidine rings is 1. The Bertz CT molecular complexity index is 811. The molecule has 2 aliphatic rings. The van der Waals surface area contributed by atoms with E-state index in [0.717, 1.165) is 73.6 Å². The minimum Gasteiger partial charge on any atom is -0.497 e. The second kappa shape index (κ2) is 10.2. The van der Waals surface area contributed by atoms with Crippen molar-refractivity contribution >= 4 is 11.8 Å². The van der Waals surface area contributed by atoms with Crippen LogP contribution in [-0.2, 0) is 4.74 Å². The zero-order valence-corrected chi connectivity index (χ0v) is 19.2. The molecule has 6 nitrogen and oxygen atoms in total. The van der Waals surface area contributed by atoms with Crippen molar-refractivity contribution in [2.75, 3.05) is 39.1 Å². The van der Waals surface area contributed by atoms with E-state index >= 15 is 0 Å². The van der Waals surface area contributed by atoms with E-state index in [-0.39, 0.29) is 0 Å². The van der Waals surface area contributed by atoms with Gasteiger partial charge in [-0.05, 0) is 56.8 Å². The van der Waals surface area contributed by atoms with Gasteiger partial charge in [0.1, 0.15) is 11.6 Å². The van der Waals surface area contributed by atoms with E-state index in [9.17, 15) is 0 Å². The molecule has 0 unspecified atom stereocenters. The van der Waals surface area contributed by atoms with Crippen molar-refractivity contribution in [1.82, 2.24) is 19.7 Å². The van der Waals surface area contributed by atoms with Gasteiger partial charge in [-0.2, -0.15) is 0 Å². The molecule has 0 radical (unpaired) electrons. The lowest BCUT2D eigenvalue weighted by molar-refractivity contribution is 0.129. The van der Waals surface area contributed by atoms with Crippen LogP contribution >= 0.6 is 11.8 Å². The van der Waals surface area contributed by atoms with Gasteiger partial charge in [-0.25, -0.2) is 0 Å². The molecule has 7 heteroatoms. The molecule has 0 aliphatic carbocycles. The van der Waals surface area contributed by atoms with Gasteiger partial charge in [0.25, 0.3) is 0 Å². The first-order valence-electron chi connectivity index (χ1n) is 11.2. The van der Waals surface area contributed by atoms with E-state index in [1.54, 1.807) is 18.9 Å². The summed E-state index contributed by atoms with van der Waals surface area (Å²) in [4.78, 5) is 2.58. The first kappa shape index (κ1) is 21.7. The van der Waals surface area contributed by atoms with Crippen molar-refractivity contribution in [2.24, 2.45) is 5.92 Å². The number of hydrogen-bond acceptors (Lipinski definition) is 6. The summed E-state index contributed by atoms with van der Waals surface area (Å²) in [5.74, 6) is 4.01. The molecule has 2 fully saturated rings. The molecule has 0 spiro atoms. The van der Waals surface area contributed by atoms with Gasteiger partial charge in [0.05, 0.1) is 18.9 Å². The van der Waals surface area contributed by atoms with Crippen LogP contribution in [0.25, 0.3) is 5.69 Å². The standard InChI is InChI=1S/C23H34N4O2S/c1-17(2)15-26-11-9-18(10-12-26)22-24-25-23(30-16-21-8-5-13-29-21)27(22)19-6-4-7-20(14-19)28-3/h4,6-7,14,17-18,21H,5,8-13,15-16H2,1-3H3/t21-/m0/s1. The van der Waals surface area contributed by atoms with Crippen LogP contribution in [-0.4, -0.2) is 64.9 Å². The average Bonchev–Trinajstić information content (AvgIpc) is 3.42. The molecule has 2 saturated heterocycles. The number of aromatic nitrogens is 3. The zero-order valence-electron chi connectivity index (χ0n) is 18.4. The summed E-state index contributed by atoms with van der Waals surface area (Å²) < 4.78 is 13.6. The molecule has 0 saturated carbocycles. The summed E-state index contributed by atoms with van der Waals surface area (Å²) in [6.45, 7) is 8.91. The number of hydrogen-bond donors (Lipinski definition) is 0. The maximum Gasteiger partial charge on any atom is 0.195 e. The molecule has 1 aromatic heterocycles. The monoisotopic (exact) mass is 430 g/mol. The van der Waals surface area contributed by atoms with E-state index < -0.39 is 0 Å². The van der Waals surface area contributed by atoms with E-state index in [2.05, 4.69) is 40.5 Å². The third-order valence-corrected chi connectivity index (χ3v) is 7.03. The third-order valence-electron chi connectivity index (χ3n) is 5.97. The second-order valence-electron chi connectivity index (χ2n) is 8.79. The minimum absolute atomic E-state index is 0.327. The van der Waals surface area contributed by atoms with E-state index in [0.29, 0.717) is 17.9 Å². The van der Waals surface area contributed by atoms with Crippen molar-refractivity contribution in [3.05, 3.63) is 30.1 Å². The third kappa shape index (κ3) is 5.18. The predicted molar refractivity (Wildman–Crippen MR) is 121 cm³/mol. The zero-order chi connectivity index (χ0) is 20.9. The fourth-order valence-electron chi connectivity index (χ4n) is 4.46. The highest BCUT2D eigenvalue weighted by Gasteiger charge is 2.28. The Morgan fingerprint density at radius 2 is 2.03 bits per heavy atom. The van der Waals surface area contributed by atoms with Crippen LogP contribution in [0.5, 0.6) is 5.75 Å². The molecular weight excluding hydrogens is 396 g/mol. The molecule has 2 aromatic rings. The summed E-state index contributed by atoms with van der Waals surface area (Å²) in [5, 5.41) is 10.3. The summed E-state index contributed by atoms with van der Waals surface area (Å²) in [7, 11) is 1.71. The Hall–Kier alpha value is -1.57. The molecule has 2 aliphatic heterocycles. The van der Waals surface area contributed by atoms with Crippen molar-refractivity contribution in [2.45, 2.75) is 56.7 Å². The Balaban J connectivity index is 1.56. The van der Waals surface area contributed by atoms with E-state index in [1.165, 1.54) is 6.54 Å². The Morgan fingerprint density at radius 3 is 2.73 bits per heavy atom. The van der Waals surface area contributed by atoms with Crippen molar-refractivity contribution in [3.8, 4) is 11.4 Å². The lowest BCUT2D eigenvalue weighted by Crippen LogP contribution is -2.36. The number of benzene rings is 1. The van der Waals surface area contributed by atoms with Gasteiger partial charge in [0.15, 0.2) is 5.16 Å². The van der Waals surface area contributed by atoms with E-state index in [4.69, 9.17) is 14.6 Å². The van der Waals surface area contributed by atoms with Crippen LogP contribution in [0.1, 0.15) is 51.3 Å². The number of methoxy groups -OCH3 is 1. The first-order valence-corrected chi connectivity index (χ1v) is 12.2. The number of thioether (sulfide) groups is 1. The number of ether oxygens (including phenoxy) is 2. The maximum absolute atomic E-state index is 5.82. The van der Waals surface area contributed by atoms with Gasteiger partial charge >= 0.3 is 0 Å². The topological polar surface area (TPSA) is 52.4 Å². The average molecular weight is 431 g/mol. The smallest absolute Gasteiger partial charge is 0.195 e. The van der Waals surface area contributed by atoms with Crippen molar-refractivity contribution in [3.63, 3.8) is 0 Å². The summed E-state index contributed by atoms with van der Waals surface area (Å²) in [6, 6.07) is 8.23. The molecule has 4 rings (SSSR count). The van der Waals surface area contributed by atoms with Crippen LogP contribution in [0.4, 0.5) is 0 Å². The van der Waals surface area contributed by atoms with Gasteiger partial charge in [-0.1, -0.05) is 31.7 Å². The van der Waals surface area contributed by atoms with Gasteiger partial charge in [-0.3, -0.25) is 4.57 Å². The Kier molecular flexibility index (Phi) is 7.33. The molecular formula is C23H34N4O2S. The fraction of sp³-hybridized carbons (Fsp3) is 0.652. The lowest BCUT2D eigenvalue weighted by atomic mass is 9.95.